The SMILES string of the molecule is Cc1noc(CNC(C)c2c(C)nn(C)c2C)n1. The van der Waals surface area contributed by atoms with Crippen molar-refractivity contribution in [1.82, 2.24) is 25.2 Å². The molecule has 2 rings (SSSR count). The molecule has 0 aromatic carbocycles. The van der Waals surface area contributed by atoms with Crippen molar-refractivity contribution in [2.45, 2.75) is 40.3 Å². The summed E-state index contributed by atoms with van der Waals surface area (Å²) >= 11 is 0. The molecule has 0 spiro atoms. The van der Waals surface area contributed by atoms with Gasteiger partial charge < -0.3 is 9.84 Å². The number of nitrogens with one attached hydrogen (secondary N) is 1. The quantitative estimate of drug-likeness (QED) is 0.891. The Hall–Kier alpha value is -1.69. The number of hydrogen-bond donors (Lipinski definition) is 1. The average molecular weight is 249 g/mol. The van der Waals surface area contributed by atoms with Gasteiger partial charge in [-0.25, -0.2) is 0 Å². The first-order valence-corrected chi connectivity index (χ1v) is 6.01. The maximum Gasteiger partial charge on any atom is 0.240 e. The number of aryl methyl sites for hydroxylation is 3. The van der Waals surface area contributed by atoms with Gasteiger partial charge in [-0.15, -0.1) is 0 Å². The minimum absolute atomic E-state index is 0.200. The maximum absolute atomic E-state index is 5.07. The lowest BCUT2D eigenvalue weighted by Crippen LogP contribution is -2.19. The van der Waals surface area contributed by atoms with E-state index in [1.54, 1.807) is 0 Å². The van der Waals surface area contributed by atoms with Gasteiger partial charge in [0.05, 0.1) is 12.2 Å². The molecule has 6 nitrogen and oxygen atoms in total. The third kappa shape index (κ3) is 2.43. The molecule has 0 bridgehead atoms. The predicted molar refractivity (Wildman–Crippen MR) is 67.0 cm³/mol. The van der Waals surface area contributed by atoms with Crippen LogP contribution in [0, 0.1) is 20.8 Å². The molecule has 98 valence electrons. The third-order valence-electron chi connectivity index (χ3n) is 3.13. The van der Waals surface area contributed by atoms with E-state index in [1.807, 2.05) is 25.6 Å². The highest BCUT2D eigenvalue weighted by atomic mass is 16.5. The van der Waals surface area contributed by atoms with Crippen molar-refractivity contribution >= 4 is 0 Å². The molecule has 0 saturated carbocycles. The van der Waals surface area contributed by atoms with Gasteiger partial charge >= 0.3 is 0 Å². The fraction of sp³-hybridized carbons (Fsp3) is 0.583. The molecule has 18 heavy (non-hydrogen) atoms. The van der Waals surface area contributed by atoms with Crippen LogP contribution >= 0.6 is 0 Å². The van der Waals surface area contributed by atoms with E-state index in [1.165, 1.54) is 11.3 Å². The van der Waals surface area contributed by atoms with Crippen LogP contribution < -0.4 is 5.32 Å². The summed E-state index contributed by atoms with van der Waals surface area (Å²) in [5, 5.41) is 11.6. The first-order chi connectivity index (χ1) is 8.49. The average Bonchev–Trinajstić information content (AvgIpc) is 2.82. The van der Waals surface area contributed by atoms with Gasteiger partial charge in [-0.3, -0.25) is 4.68 Å². The van der Waals surface area contributed by atoms with Crippen LogP contribution in [0.15, 0.2) is 4.52 Å². The molecule has 0 aliphatic rings. The Kier molecular flexibility index (Phi) is 3.47. The molecule has 0 fully saturated rings. The number of hydrogen-bond acceptors (Lipinski definition) is 5. The second-order valence-corrected chi connectivity index (χ2v) is 4.55. The molecule has 6 heteroatoms. The van der Waals surface area contributed by atoms with E-state index < -0.39 is 0 Å². The van der Waals surface area contributed by atoms with Crippen molar-refractivity contribution in [2.24, 2.45) is 7.05 Å². The largest absolute Gasteiger partial charge is 0.338 e. The van der Waals surface area contributed by atoms with E-state index in [2.05, 4.69) is 34.4 Å². The summed E-state index contributed by atoms with van der Waals surface area (Å²) in [5.74, 6) is 1.27. The molecule has 2 aromatic heterocycles. The zero-order valence-corrected chi connectivity index (χ0v) is 11.5. The Morgan fingerprint density at radius 3 is 2.56 bits per heavy atom. The first kappa shape index (κ1) is 12.8. The van der Waals surface area contributed by atoms with E-state index in [9.17, 15) is 0 Å². The lowest BCUT2D eigenvalue weighted by atomic mass is 10.1. The zero-order chi connectivity index (χ0) is 13.3. The van der Waals surface area contributed by atoms with E-state index in [-0.39, 0.29) is 6.04 Å². The molecule has 1 N–H and O–H groups in total. The van der Waals surface area contributed by atoms with Crippen LogP contribution in [0.5, 0.6) is 0 Å². The van der Waals surface area contributed by atoms with Gasteiger partial charge in [0.15, 0.2) is 5.82 Å². The Labute approximate surface area is 106 Å². The standard InChI is InChI=1S/C12H19N5O/c1-7(12-8(2)15-17(5)9(12)3)13-6-11-14-10(4)16-18-11/h7,13H,6H2,1-5H3. The number of aromatic nitrogens is 4. The van der Waals surface area contributed by atoms with Crippen LogP contribution in [0.25, 0.3) is 0 Å². The molecule has 1 unspecified atom stereocenters. The molecule has 1 atom stereocenters. The van der Waals surface area contributed by atoms with Crippen LogP contribution in [-0.2, 0) is 13.6 Å². The number of rotatable bonds is 4. The second-order valence-electron chi connectivity index (χ2n) is 4.55. The van der Waals surface area contributed by atoms with Crippen LogP contribution in [-0.4, -0.2) is 19.9 Å². The monoisotopic (exact) mass is 249 g/mol. The van der Waals surface area contributed by atoms with Gasteiger partial charge in [-0.05, 0) is 27.7 Å². The van der Waals surface area contributed by atoms with E-state index >= 15 is 0 Å². The smallest absolute Gasteiger partial charge is 0.240 e. The molecule has 0 amide bonds. The third-order valence-corrected chi connectivity index (χ3v) is 3.13. The Balaban J connectivity index is 2.05. The van der Waals surface area contributed by atoms with Gasteiger partial charge in [-0.2, -0.15) is 10.1 Å². The second kappa shape index (κ2) is 4.89. The summed E-state index contributed by atoms with van der Waals surface area (Å²) in [5.41, 5.74) is 3.46. The highest BCUT2D eigenvalue weighted by Gasteiger charge is 2.16. The summed E-state index contributed by atoms with van der Waals surface area (Å²) in [6.45, 7) is 8.59. The highest BCUT2D eigenvalue weighted by Crippen LogP contribution is 2.20. The molecule has 2 heterocycles. The van der Waals surface area contributed by atoms with E-state index in [0.29, 0.717) is 18.3 Å². The number of nitrogens with zero attached hydrogens (tertiary/aromatic N) is 4. The minimum atomic E-state index is 0.200. The van der Waals surface area contributed by atoms with Crippen LogP contribution in [0.2, 0.25) is 0 Å². The van der Waals surface area contributed by atoms with Crippen molar-refractivity contribution in [3.05, 3.63) is 28.7 Å². The molecule has 2 aromatic rings. The summed E-state index contributed by atoms with van der Waals surface area (Å²) in [6.07, 6.45) is 0. The predicted octanol–water partition coefficient (Wildman–Crippen LogP) is 1.58. The Morgan fingerprint density at radius 1 is 1.33 bits per heavy atom. The van der Waals surface area contributed by atoms with E-state index in [4.69, 9.17) is 4.52 Å². The van der Waals surface area contributed by atoms with Crippen molar-refractivity contribution in [3.8, 4) is 0 Å². The van der Waals surface area contributed by atoms with E-state index in [0.717, 1.165) is 5.69 Å². The fourth-order valence-corrected chi connectivity index (χ4v) is 2.17. The summed E-state index contributed by atoms with van der Waals surface area (Å²) in [7, 11) is 1.96. The maximum atomic E-state index is 5.07. The van der Waals surface area contributed by atoms with Crippen LogP contribution in [0.3, 0.4) is 0 Å². The summed E-state index contributed by atoms with van der Waals surface area (Å²) < 4.78 is 6.97. The van der Waals surface area contributed by atoms with Crippen LogP contribution in [0.1, 0.15) is 41.6 Å². The fourth-order valence-electron chi connectivity index (χ4n) is 2.17. The van der Waals surface area contributed by atoms with Gasteiger partial charge in [0, 0.05) is 24.3 Å². The Morgan fingerprint density at radius 2 is 2.06 bits per heavy atom. The summed E-state index contributed by atoms with van der Waals surface area (Å²) in [6, 6.07) is 0.200. The van der Waals surface area contributed by atoms with Gasteiger partial charge in [-0.1, -0.05) is 5.16 Å². The van der Waals surface area contributed by atoms with Crippen molar-refractivity contribution < 1.29 is 4.52 Å². The molecule has 0 aliphatic carbocycles. The lowest BCUT2D eigenvalue weighted by molar-refractivity contribution is 0.357. The molecule has 0 saturated heterocycles. The molecular weight excluding hydrogens is 230 g/mol. The molecule has 0 aliphatic heterocycles. The highest BCUT2D eigenvalue weighted by molar-refractivity contribution is 5.27. The van der Waals surface area contributed by atoms with Crippen molar-refractivity contribution in [2.75, 3.05) is 0 Å². The minimum Gasteiger partial charge on any atom is -0.338 e. The lowest BCUT2D eigenvalue weighted by Gasteiger charge is -2.13. The first-order valence-electron chi connectivity index (χ1n) is 6.01. The van der Waals surface area contributed by atoms with Gasteiger partial charge in [0.1, 0.15) is 0 Å². The topological polar surface area (TPSA) is 68.8 Å². The zero-order valence-electron chi connectivity index (χ0n) is 11.5. The van der Waals surface area contributed by atoms with Gasteiger partial charge in [0.25, 0.3) is 0 Å². The summed E-state index contributed by atoms with van der Waals surface area (Å²) in [4.78, 5) is 4.17. The van der Waals surface area contributed by atoms with Crippen molar-refractivity contribution in [3.63, 3.8) is 0 Å². The van der Waals surface area contributed by atoms with Crippen LogP contribution in [0.4, 0.5) is 0 Å². The van der Waals surface area contributed by atoms with Gasteiger partial charge in [0.2, 0.25) is 5.89 Å². The normalized spacial score (nSPS) is 12.9. The molecular formula is C12H19N5O. The van der Waals surface area contributed by atoms with Crippen molar-refractivity contribution in [1.29, 1.82) is 0 Å². The Bertz CT molecular complexity index is 543. The molecule has 0 radical (unpaired) electrons.